The zero-order valence-corrected chi connectivity index (χ0v) is 26.2. The van der Waals surface area contributed by atoms with Crippen molar-refractivity contribution >= 4 is 5.97 Å². The van der Waals surface area contributed by atoms with E-state index in [1.165, 1.54) is 12.5 Å². The number of hydrogen-bond acceptors (Lipinski definition) is 10. The van der Waals surface area contributed by atoms with Gasteiger partial charge in [0.25, 0.3) is 0 Å². The second kappa shape index (κ2) is 22.6. The maximum Gasteiger partial charge on any atom is 0.343 e. The van der Waals surface area contributed by atoms with Crippen LogP contribution in [0, 0.1) is 0 Å². The van der Waals surface area contributed by atoms with Crippen LogP contribution in [0.25, 0.3) is 0 Å². The van der Waals surface area contributed by atoms with Crippen molar-refractivity contribution in [3.05, 3.63) is 109 Å². The molecule has 0 fully saturated rings. The van der Waals surface area contributed by atoms with Crippen LogP contribution in [0.15, 0.2) is 104 Å². The average Bonchev–Trinajstić information content (AvgIpc) is 3.08. The molecule has 0 amide bonds. The van der Waals surface area contributed by atoms with E-state index < -0.39 is 5.97 Å². The third-order valence-corrected chi connectivity index (χ3v) is 6.14. The van der Waals surface area contributed by atoms with E-state index in [9.17, 15) is 4.79 Å². The van der Waals surface area contributed by atoms with Crippen LogP contribution in [0.2, 0.25) is 0 Å². The Morgan fingerprint density at radius 3 is 1.59 bits per heavy atom. The smallest absolute Gasteiger partial charge is 0.343 e. The third kappa shape index (κ3) is 15.2. The predicted molar refractivity (Wildman–Crippen MR) is 172 cm³/mol. The highest BCUT2D eigenvalue weighted by atomic mass is 17.2. The van der Waals surface area contributed by atoms with E-state index >= 15 is 0 Å². The molecule has 3 aromatic carbocycles. The fourth-order valence-electron chi connectivity index (χ4n) is 3.77. The molecule has 0 spiro atoms. The van der Waals surface area contributed by atoms with Crippen molar-refractivity contribution in [1.29, 1.82) is 0 Å². The lowest BCUT2D eigenvalue weighted by atomic mass is 10.2. The molecule has 3 aromatic rings. The van der Waals surface area contributed by atoms with E-state index in [2.05, 4.69) is 12.3 Å². The topological polar surface area (TPSA) is 100 Å². The number of allylic oxidation sites excluding steroid dienone is 1. The average molecular weight is 635 g/mol. The summed E-state index contributed by atoms with van der Waals surface area (Å²) in [6, 6.07) is 20.9. The highest BCUT2D eigenvalue weighted by molar-refractivity contribution is 5.91. The van der Waals surface area contributed by atoms with Gasteiger partial charge in [0.05, 0.1) is 32.0 Å². The van der Waals surface area contributed by atoms with Crippen LogP contribution >= 0.6 is 0 Å². The predicted octanol–water partition coefficient (Wildman–Crippen LogP) is 8.15. The highest BCUT2D eigenvalue weighted by Crippen LogP contribution is 2.21. The van der Waals surface area contributed by atoms with Crippen LogP contribution < -0.4 is 23.7 Å². The van der Waals surface area contributed by atoms with Gasteiger partial charge in [-0.2, -0.15) is 9.78 Å². The summed E-state index contributed by atoms with van der Waals surface area (Å²) < 4.78 is 28.3. The molecule has 0 heterocycles. The minimum atomic E-state index is -0.464. The summed E-state index contributed by atoms with van der Waals surface area (Å²) in [6.07, 6.45) is 9.97. The summed E-state index contributed by atoms with van der Waals surface area (Å²) >= 11 is 0. The van der Waals surface area contributed by atoms with Crippen molar-refractivity contribution < 1.29 is 48.0 Å². The summed E-state index contributed by atoms with van der Waals surface area (Å²) in [6.45, 7) is 7.46. The van der Waals surface area contributed by atoms with E-state index in [1.807, 2.05) is 31.2 Å². The number of unbranched alkanes of at least 4 members (excludes halogenated alkanes) is 4. The van der Waals surface area contributed by atoms with Gasteiger partial charge in [0.2, 0.25) is 6.79 Å². The first-order valence-corrected chi connectivity index (χ1v) is 15.2. The Bertz CT molecular complexity index is 1310. The molecule has 10 nitrogen and oxygen atoms in total. The van der Waals surface area contributed by atoms with Gasteiger partial charge in [0.15, 0.2) is 6.26 Å². The maximum absolute atomic E-state index is 12.6. The van der Waals surface area contributed by atoms with E-state index in [-0.39, 0.29) is 6.79 Å². The van der Waals surface area contributed by atoms with Gasteiger partial charge in [-0.3, -0.25) is 0 Å². The monoisotopic (exact) mass is 634 g/mol. The SMILES string of the molecule is C=C=COOCCCCCOc1ccc(OCOc2ccc(OC(=O)c3ccc(OCCCCCOOC=CC)cc3)cc2)cc1. The molecule has 3 rings (SSSR count). The molecule has 0 radical (unpaired) electrons. The standard InChI is InChI=1S/C36H42O10/c1-3-23-42-44-27-9-5-7-25-38-31-13-11-30(12-14-31)36(37)46-35-21-19-34(20-22-35)41-29-40-33-17-15-32(16-18-33)39-26-8-6-10-28-45-43-24-4-2/h3,11-24H,2,5-10,25-29H2,1H3. The normalized spacial score (nSPS) is 10.5. The molecule has 0 saturated carbocycles. The van der Waals surface area contributed by atoms with Crippen LogP contribution in [0.5, 0.6) is 28.7 Å². The fourth-order valence-corrected chi connectivity index (χ4v) is 3.77. The van der Waals surface area contributed by atoms with E-state index in [1.54, 1.807) is 54.6 Å². The Kier molecular flexibility index (Phi) is 17.5. The first kappa shape index (κ1) is 35.6. The number of rotatable bonds is 24. The van der Waals surface area contributed by atoms with Gasteiger partial charge in [0.1, 0.15) is 35.0 Å². The molecular formula is C36H42O10. The second-order valence-corrected chi connectivity index (χ2v) is 9.71. The summed E-state index contributed by atoms with van der Waals surface area (Å²) in [5, 5.41) is 0. The number of esters is 1. The summed E-state index contributed by atoms with van der Waals surface area (Å²) in [7, 11) is 0. The van der Waals surface area contributed by atoms with Gasteiger partial charge in [-0.05, 0) is 124 Å². The lowest BCUT2D eigenvalue weighted by molar-refractivity contribution is -0.249. The molecule has 0 bridgehead atoms. The number of carbonyl (C=O) groups is 1. The molecule has 0 N–H and O–H groups in total. The fraction of sp³-hybridized carbons (Fsp3) is 0.333. The number of carbonyl (C=O) groups excluding carboxylic acids is 1. The lowest BCUT2D eigenvalue weighted by Crippen LogP contribution is -2.09. The van der Waals surface area contributed by atoms with Crippen molar-refractivity contribution in [1.82, 2.24) is 0 Å². The Hall–Kier alpha value is -4.89. The molecule has 0 aliphatic rings. The summed E-state index contributed by atoms with van der Waals surface area (Å²) in [5.41, 5.74) is 2.88. The van der Waals surface area contributed by atoms with Crippen molar-refractivity contribution in [2.45, 2.75) is 45.4 Å². The van der Waals surface area contributed by atoms with Crippen LogP contribution in [-0.4, -0.2) is 39.2 Å². The third-order valence-electron chi connectivity index (χ3n) is 6.14. The van der Waals surface area contributed by atoms with E-state index in [0.29, 0.717) is 55.0 Å². The van der Waals surface area contributed by atoms with Crippen molar-refractivity contribution in [2.24, 2.45) is 0 Å². The lowest BCUT2D eigenvalue weighted by Gasteiger charge is -2.11. The van der Waals surface area contributed by atoms with Gasteiger partial charge in [-0.25, -0.2) is 4.79 Å². The van der Waals surface area contributed by atoms with Gasteiger partial charge >= 0.3 is 5.97 Å². The second-order valence-electron chi connectivity index (χ2n) is 9.71. The molecule has 246 valence electrons. The molecule has 0 saturated heterocycles. The van der Waals surface area contributed by atoms with Crippen LogP contribution in [0.3, 0.4) is 0 Å². The molecule has 10 heteroatoms. The Morgan fingerprint density at radius 2 is 1.07 bits per heavy atom. The van der Waals surface area contributed by atoms with E-state index in [4.69, 9.17) is 43.2 Å². The van der Waals surface area contributed by atoms with Gasteiger partial charge in [0, 0.05) is 0 Å². The quantitative estimate of drug-likeness (QED) is 0.0140. The maximum atomic E-state index is 12.6. The minimum absolute atomic E-state index is 0.0162. The molecule has 0 atom stereocenters. The zero-order valence-electron chi connectivity index (χ0n) is 26.2. The molecule has 0 aliphatic carbocycles. The summed E-state index contributed by atoms with van der Waals surface area (Å²) in [4.78, 5) is 32.0. The highest BCUT2D eigenvalue weighted by Gasteiger charge is 2.09. The minimum Gasteiger partial charge on any atom is -0.494 e. The molecule has 0 aromatic heterocycles. The zero-order chi connectivity index (χ0) is 32.5. The van der Waals surface area contributed by atoms with Gasteiger partial charge in [-0.15, -0.1) is 0 Å². The van der Waals surface area contributed by atoms with Crippen LogP contribution in [-0.2, 0) is 19.6 Å². The Balaban J connectivity index is 1.26. The van der Waals surface area contributed by atoms with Gasteiger partial charge in [-0.1, -0.05) is 12.3 Å². The first-order chi connectivity index (χ1) is 22.7. The largest absolute Gasteiger partial charge is 0.494 e. The van der Waals surface area contributed by atoms with Crippen LogP contribution in [0.4, 0.5) is 0 Å². The number of hydrogen-bond donors (Lipinski definition) is 0. The number of benzene rings is 3. The summed E-state index contributed by atoms with van der Waals surface area (Å²) in [5.74, 6) is 2.61. The molecule has 0 aliphatic heterocycles. The molecule has 46 heavy (non-hydrogen) atoms. The van der Waals surface area contributed by atoms with Crippen molar-refractivity contribution in [2.75, 3.05) is 33.2 Å². The van der Waals surface area contributed by atoms with Crippen molar-refractivity contribution in [3.8, 4) is 28.7 Å². The van der Waals surface area contributed by atoms with Crippen molar-refractivity contribution in [3.63, 3.8) is 0 Å². The first-order valence-electron chi connectivity index (χ1n) is 15.2. The Labute approximate surface area is 270 Å². The number of ether oxygens (including phenoxy) is 5. The van der Waals surface area contributed by atoms with E-state index in [0.717, 1.165) is 44.3 Å². The molecule has 0 unspecified atom stereocenters. The van der Waals surface area contributed by atoms with Crippen LogP contribution in [0.1, 0.15) is 55.8 Å². The molecular weight excluding hydrogens is 592 g/mol. The van der Waals surface area contributed by atoms with Gasteiger partial charge < -0.3 is 33.5 Å². The Morgan fingerprint density at radius 1 is 0.609 bits per heavy atom.